The third-order valence-corrected chi connectivity index (χ3v) is 3.52. The van der Waals surface area contributed by atoms with Crippen LogP contribution in [0.25, 0.3) is 0 Å². The van der Waals surface area contributed by atoms with Gasteiger partial charge in [-0.3, -0.25) is 14.5 Å². The topological polar surface area (TPSA) is 58.6 Å². The number of benzene rings is 1. The molecule has 1 saturated heterocycles. The number of rotatable bonds is 3. The first kappa shape index (κ1) is 12.3. The Kier molecular flexibility index (Phi) is 3.31. The van der Waals surface area contributed by atoms with Crippen molar-refractivity contribution in [3.8, 4) is 0 Å². The van der Waals surface area contributed by atoms with Crippen molar-refractivity contribution < 1.29 is 14.3 Å². The Morgan fingerprint density at radius 3 is 2.89 bits per heavy atom. The van der Waals surface area contributed by atoms with Crippen molar-refractivity contribution in [3.05, 3.63) is 29.3 Å². The van der Waals surface area contributed by atoms with Crippen LogP contribution < -0.4 is 5.32 Å². The molecule has 19 heavy (non-hydrogen) atoms. The van der Waals surface area contributed by atoms with Gasteiger partial charge in [0.1, 0.15) is 0 Å². The molecule has 5 heteroatoms. The molecule has 1 N–H and O–H groups in total. The molecular weight excluding hydrogens is 244 g/mol. The van der Waals surface area contributed by atoms with Crippen LogP contribution in [0, 0.1) is 0 Å². The average Bonchev–Trinajstić information content (AvgIpc) is 2.78. The second-order valence-corrected chi connectivity index (χ2v) is 4.91. The smallest absolute Gasteiger partial charge is 0.228 e. The number of carbonyl (C=O) groups excluding carboxylic acids is 2. The molecule has 2 heterocycles. The molecule has 0 aliphatic carbocycles. The summed E-state index contributed by atoms with van der Waals surface area (Å²) < 4.78 is 5.26. The zero-order valence-electron chi connectivity index (χ0n) is 10.6. The Labute approximate surface area is 111 Å². The van der Waals surface area contributed by atoms with E-state index in [1.165, 1.54) is 0 Å². The van der Waals surface area contributed by atoms with E-state index in [1.807, 2.05) is 12.1 Å². The van der Waals surface area contributed by atoms with Crippen LogP contribution in [0.3, 0.4) is 0 Å². The molecule has 0 atom stereocenters. The van der Waals surface area contributed by atoms with Gasteiger partial charge in [-0.2, -0.15) is 0 Å². The highest BCUT2D eigenvalue weighted by atomic mass is 16.5. The number of ether oxygens (including phenoxy) is 1. The van der Waals surface area contributed by atoms with Gasteiger partial charge in [-0.05, 0) is 23.8 Å². The summed E-state index contributed by atoms with van der Waals surface area (Å²) in [6, 6.07) is 5.43. The zero-order valence-corrected chi connectivity index (χ0v) is 10.6. The lowest BCUT2D eigenvalue weighted by Crippen LogP contribution is -2.39. The van der Waals surface area contributed by atoms with Gasteiger partial charge in [0.25, 0.3) is 0 Å². The summed E-state index contributed by atoms with van der Waals surface area (Å²) in [5.74, 6) is 0.0943. The summed E-state index contributed by atoms with van der Waals surface area (Å²) in [5, 5.41) is 2.77. The second kappa shape index (κ2) is 5.11. The van der Waals surface area contributed by atoms with Gasteiger partial charge in [0.2, 0.25) is 5.91 Å². The van der Waals surface area contributed by atoms with E-state index in [9.17, 15) is 9.59 Å². The molecule has 1 amide bonds. The maximum atomic E-state index is 12.2. The fourth-order valence-corrected chi connectivity index (χ4v) is 2.46. The minimum absolute atomic E-state index is 0.00669. The van der Waals surface area contributed by atoms with Crippen molar-refractivity contribution in [2.24, 2.45) is 0 Å². The number of carbonyl (C=O) groups is 2. The summed E-state index contributed by atoms with van der Waals surface area (Å²) in [4.78, 5) is 25.6. The number of morpholine rings is 1. The molecule has 0 radical (unpaired) electrons. The van der Waals surface area contributed by atoms with Crippen molar-refractivity contribution in [2.45, 2.75) is 6.42 Å². The highest BCUT2D eigenvalue weighted by Crippen LogP contribution is 2.24. The standard InChI is InChI=1S/C14H16N2O3/c17-13(9-16-3-5-19-6-4-16)10-1-2-12-11(7-10)8-14(18)15-12/h1-2,7H,3-6,8-9H2,(H,15,18). The molecule has 2 aliphatic rings. The molecule has 0 saturated carbocycles. The SMILES string of the molecule is O=C1Cc2cc(C(=O)CN3CCOCC3)ccc2N1. The first-order chi connectivity index (χ1) is 9.22. The van der Waals surface area contributed by atoms with E-state index in [-0.39, 0.29) is 11.7 Å². The van der Waals surface area contributed by atoms with Gasteiger partial charge in [0.05, 0.1) is 26.2 Å². The van der Waals surface area contributed by atoms with Gasteiger partial charge >= 0.3 is 0 Å². The average molecular weight is 260 g/mol. The number of ketones is 1. The first-order valence-electron chi connectivity index (χ1n) is 6.48. The van der Waals surface area contributed by atoms with Crippen LogP contribution in [0.2, 0.25) is 0 Å². The molecule has 1 aromatic carbocycles. The lowest BCUT2D eigenvalue weighted by atomic mass is 10.0. The third kappa shape index (κ3) is 2.67. The number of hydrogen-bond acceptors (Lipinski definition) is 4. The fraction of sp³-hybridized carbons (Fsp3) is 0.429. The van der Waals surface area contributed by atoms with E-state index in [4.69, 9.17) is 4.74 Å². The largest absolute Gasteiger partial charge is 0.379 e. The summed E-state index contributed by atoms with van der Waals surface area (Å²) in [6.45, 7) is 3.41. The number of Topliss-reactive ketones (excluding diaryl/α,β-unsaturated/α-hetero) is 1. The predicted octanol–water partition coefficient (Wildman–Crippen LogP) is 0.696. The van der Waals surface area contributed by atoms with Crippen molar-refractivity contribution in [2.75, 3.05) is 38.2 Å². The Balaban J connectivity index is 1.70. The number of fused-ring (bicyclic) bond motifs is 1. The normalized spacial score (nSPS) is 19.1. The molecule has 2 aliphatic heterocycles. The van der Waals surface area contributed by atoms with Gasteiger partial charge in [0.15, 0.2) is 5.78 Å². The van der Waals surface area contributed by atoms with Crippen LogP contribution in [0.5, 0.6) is 0 Å². The first-order valence-corrected chi connectivity index (χ1v) is 6.48. The van der Waals surface area contributed by atoms with E-state index in [2.05, 4.69) is 10.2 Å². The van der Waals surface area contributed by atoms with Gasteiger partial charge < -0.3 is 10.1 Å². The molecule has 1 fully saturated rings. The maximum absolute atomic E-state index is 12.2. The fourth-order valence-electron chi connectivity index (χ4n) is 2.46. The molecule has 3 rings (SSSR count). The molecule has 100 valence electrons. The Morgan fingerprint density at radius 1 is 1.32 bits per heavy atom. The van der Waals surface area contributed by atoms with E-state index in [0.29, 0.717) is 31.7 Å². The quantitative estimate of drug-likeness (QED) is 0.813. The molecule has 0 aromatic heterocycles. The van der Waals surface area contributed by atoms with Crippen molar-refractivity contribution >= 4 is 17.4 Å². The van der Waals surface area contributed by atoms with Gasteiger partial charge in [-0.25, -0.2) is 0 Å². The van der Waals surface area contributed by atoms with Crippen LogP contribution in [-0.2, 0) is 16.0 Å². The van der Waals surface area contributed by atoms with E-state index >= 15 is 0 Å². The van der Waals surface area contributed by atoms with Crippen LogP contribution in [0.15, 0.2) is 18.2 Å². The molecule has 1 aromatic rings. The van der Waals surface area contributed by atoms with E-state index in [1.54, 1.807) is 6.07 Å². The number of amides is 1. The summed E-state index contributed by atoms with van der Waals surface area (Å²) in [5.41, 5.74) is 2.42. The molecule has 5 nitrogen and oxygen atoms in total. The predicted molar refractivity (Wildman–Crippen MR) is 70.4 cm³/mol. The minimum atomic E-state index is -0.00669. The van der Waals surface area contributed by atoms with Crippen molar-refractivity contribution in [3.63, 3.8) is 0 Å². The number of anilines is 1. The minimum Gasteiger partial charge on any atom is -0.379 e. The number of nitrogens with zero attached hydrogens (tertiary/aromatic N) is 1. The molecule has 0 spiro atoms. The zero-order chi connectivity index (χ0) is 13.2. The summed E-state index contributed by atoms with van der Waals surface area (Å²) in [6.07, 6.45) is 0.369. The maximum Gasteiger partial charge on any atom is 0.228 e. The van der Waals surface area contributed by atoms with Crippen LogP contribution in [0.1, 0.15) is 15.9 Å². The van der Waals surface area contributed by atoms with E-state index in [0.717, 1.165) is 24.3 Å². The van der Waals surface area contributed by atoms with Crippen LogP contribution in [0.4, 0.5) is 5.69 Å². The molecular formula is C14H16N2O3. The van der Waals surface area contributed by atoms with Crippen molar-refractivity contribution in [1.29, 1.82) is 0 Å². The Morgan fingerprint density at radius 2 is 2.11 bits per heavy atom. The second-order valence-electron chi connectivity index (χ2n) is 4.91. The molecule has 0 bridgehead atoms. The van der Waals surface area contributed by atoms with Gasteiger partial charge in [-0.15, -0.1) is 0 Å². The highest BCUT2D eigenvalue weighted by molar-refractivity contribution is 6.02. The van der Waals surface area contributed by atoms with Crippen molar-refractivity contribution in [1.82, 2.24) is 4.90 Å². The summed E-state index contributed by atoms with van der Waals surface area (Å²) >= 11 is 0. The Bertz CT molecular complexity index is 521. The monoisotopic (exact) mass is 260 g/mol. The van der Waals surface area contributed by atoms with Crippen LogP contribution >= 0.6 is 0 Å². The highest BCUT2D eigenvalue weighted by Gasteiger charge is 2.20. The van der Waals surface area contributed by atoms with Gasteiger partial charge in [-0.1, -0.05) is 0 Å². The number of nitrogens with one attached hydrogen (secondary N) is 1. The lowest BCUT2D eigenvalue weighted by molar-refractivity contribution is -0.115. The number of hydrogen-bond donors (Lipinski definition) is 1. The lowest BCUT2D eigenvalue weighted by Gasteiger charge is -2.25. The van der Waals surface area contributed by atoms with Gasteiger partial charge in [0, 0.05) is 24.3 Å². The van der Waals surface area contributed by atoms with E-state index < -0.39 is 0 Å². The van der Waals surface area contributed by atoms with Crippen LogP contribution in [-0.4, -0.2) is 49.4 Å². The molecule has 0 unspecified atom stereocenters. The third-order valence-electron chi connectivity index (χ3n) is 3.52. The summed E-state index contributed by atoms with van der Waals surface area (Å²) in [7, 11) is 0. The Hall–Kier alpha value is -1.72.